The maximum atomic E-state index is 10.9. The summed E-state index contributed by atoms with van der Waals surface area (Å²) >= 11 is 0. The summed E-state index contributed by atoms with van der Waals surface area (Å²) in [6.45, 7) is 0. The molecule has 0 bridgehead atoms. The zero-order valence-corrected chi connectivity index (χ0v) is 31.7. The molecule has 0 aromatic carbocycles. The Kier molecular flexibility index (Phi) is 52.3. The minimum atomic E-state index is -1.67. The van der Waals surface area contributed by atoms with Crippen LogP contribution in [-0.2, 0) is 85.6 Å². The van der Waals surface area contributed by atoms with Crippen LogP contribution in [0.4, 0.5) is 0 Å². The number of halogens is 2. The molecule has 24 heteroatoms. The van der Waals surface area contributed by atoms with Crippen LogP contribution in [0.2, 0.25) is 0 Å². The molecule has 0 fully saturated rings. The van der Waals surface area contributed by atoms with Crippen LogP contribution in [-0.4, -0.2) is 150 Å². The number of hydrogen-bond acceptors (Lipinski definition) is 19. The van der Waals surface area contributed by atoms with Crippen molar-refractivity contribution in [1.82, 2.24) is 0 Å². The summed E-state index contributed by atoms with van der Waals surface area (Å²) in [6, 6.07) is 0. The third-order valence-electron chi connectivity index (χ3n) is 2.99. The van der Waals surface area contributed by atoms with Crippen LogP contribution >= 0.6 is 21.4 Å². The molecule has 0 aliphatic heterocycles. The molecule has 0 radical (unpaired) electrons. The summed E-state index contributed by atoms with van der Waals surface area (Å²) in [5.74, 6) is -9.74. The van der Waals surface area contributed by atoms with Gasteiger partial charge in [-0.3, -0.25) is 0 Å². The SMILES string of the molecule is C.COC(=O)/C=C/C(=O)O.COC(=O)/C=C/C(=O)OC(=O)/C=C/C(=O)OC.COC(=O)/C=C/C(=O)[O-].COC(=O)/C=C/C(=O)[O-].O=S(Cl)Cl.[Sr+2]. The minimum absolute atomic E-state index is 0. The Morgan fingerprint density at radius 3 is 0.840 bits per heavy atom. The molecule has 1 N–H and O–H groups in total. The van der Waals surface area contributed by atoms with E-state index in [1.807, 2.05) is 0 Å². The van der Waals surface area contributed by atoms with Gasteiger partial charge < -0.3 is 53.3 Å². The zero-order chi connectivity index (χ0) is 38.7. The van der Waals surface area contributed by atoms with Crippen molar-refractivity contribution < 1.29 is 95.9 Å². The number of carbonyl (C=O) groups excluding carboxylic acids is 9. The van der Waals surface area contributed by atoms with Gasteiger partial charge in [-0.05, 0) is 12.2 Å². The molecule has 0 saturated heterocycles. The van der Waals surface area contributed by atoms with Crippen molar-refractivity contribution >= 4 is 136 Å². The average molecular weight is 853 g/mol. The number of methoxy groups -OCH3 is 5. The number of carboxylic acid groups (broad SMARTS) is 3. The minimum Gasteiger partial charge on any atom is -0.545 e. The van der Waals surface area contributed by atoms with E-state index in [0.717, 1.165) is 71.0 Å². The van der Waals surface area contributed by atoms with Crippen LogP contribution in [0.15, 0.2) is 60.8 Å². The van der Waals surface area contributed by atoms with Crippen molar-refractivity contribution in [1.29, 1.82) is 0 Å². The molecule has 276 valence electrons. The number of rotatable bonds is 10. The third-order valence-corrected chi connectivity index (χ3v) is 2.99. The molecule has 20 nitrogen and oxygen atoms in total. The topological polar surface area (TPSA) is 309 Å². The molecule has 0 aromatic heterocycles. The summed E-state index contributed by atoms with van der Waals surface area (Å²) in [6.07, 6.45) is 7.32. The fourth-order valence-corrected chi connectivity index (χ4v) is 1.19. The Morgan fingerprint density at radius 1 is 0.480 bits per heavy atom. The fourth-order valence-electron chi connectivity index (χ4n) is 1.19. The van der Waals surface area contributed by atoms with Crippen LogP contribution in [0, 0.1) is 0 Å². The third kappa shape index (κ3) is 66.3. The van der Waals surface area contributed by atoms with Crippen molar-refractivity contribution in [3.63, 3.8) is 0 Å². The first-order valence-electron chi connectivity index (χ1n) is 11.2. The van der Waals surface area contributed by atoms with Gasteiger partial charge in [0.1, 0.15) is 0 Å². The standard InChI is InChI=1S/C10H10O7.3C5H6O4.CH4.Cl2OS.Sr/c1-15-7(11)3-5-9(13)17-10(14)6-4-8(12)16-2;3*1-9-5(8)3-2-4(6)7;;1-4(2)3;/h3-6H,1-2H3;3*2-3H,1H3,(H,6,7);1H4;;/q;;;;;;+2/p-2/b5-3+,6-4+;3*3-2+;;;. The number of esters is 7. The Hall–Kier alpha value is -4.19. The molecule has 0 unspecified atom stereocenters. The van der Waals surface area contributed by atoms with Gasteiger partial charge in [-0.15, -0.1) is 0 Å². The first-order chi connectivity index (χ1) is 22.2. The van der Waals surface area contributed by atoms with E-state index < -0.39 is 68.9 Å². The predicted molar refractivity (Wildman–Crippen MR) is 167 cm³/mol. The van der Waals surface area contributed by atoms with E-state index in [0.29, 0.717) is 18.2 Å². The van der Waals surface area contributed by atoms with E-state index in [2.05, 4.69) is 49.8 Å². The first-order valence-corrected chi connectivity index (χ1v) is 14.0. The monoisotopic (exact) mass is 852 g/mol. The molecule has 0 aromatic rings. The number of ether oxygens (including phenoxy) is 6. The van der Waals surface area contributed by atoms with Crippen molar-refractivity contribution in [3.05, 3.63) is 60.8 Å². The summed E-state index contributed by atoms with van der Waals surface area (Å²) < 4.78 is 33.9. The predicted octanol–water partition coefficient (Wildman–Crippen LogP) is -2.46. The fraction of sp³-hybridized carbons (Fsp3) is 0.231. The normalized spacial score (nSPS) is 9.28. The van der Waals surface area contributed by atoms with E-state index in [-0.39, 0.29) is 52.9 Å². The van der Waals surface area contributed by atoms with E-state index in [4.69, 9.17) is 9.32 Å². The van der Waals surface area contributed by atoms with E-state index in [9.17, 15) is 58.2 Å². The van der Waals surface area contributed by atoms with Crippen LogP contribution in [0.3, 0.4) is 0 Å². The maximum absolute atomic E-state index is 10.9. The molecule has 0 aliphatic rings. The number of hydrogen-bond donors (Lipinski definition) is 1. The summed E-state index contributed by atoms with van der Waals surface area (Å²) in [5.41, 5.74) is 0. The van der Waals surface area contributed by atoms with Gasteiger partial charge in [-0.25, -0.2) is 42.6 Å². The molecular weight excluding hydrogens is 823 g/mol. The molecule has 0 heterocycles. The Labute approximate surface area is 332 Å². The second-order valence-corrected chi connectivity index (χ2v) is 8.71. The van der Waals surface area contributed by atoms with Gasteiger partial charge in [-0.2, -0.15) is 0 Å². The zero-order valence-electron chi connectivity index (χ0n) is 25.8. The van der Waals surface area contributed by atoms with Crippen LogP contribution in [0.25, 0.3) is 0 Å². The molecule has 0 amide bonds. The number of carboxylic acids is 3. The van der Waals surface area contributed by atoms with Gasteiger partial charge in [0.15, 0.2) is 0 Å². The maximum Gasteiger partial charge on any atom is 2.00 e. The van der Waals surface area contributed by atoms with Crippen LogP contribution < -0.4 is 10.2 Å². The van der Waals surface area contributed by atoms with Gasteiger partial charge in [-0.1, -0.05) is 7.43 Å². The average Bonchev–Trinajstić information content (AvgIpc) is 3.02. The molecule has 0 atom stereocenters. The Balaban J connectivity index is -0.0000000976. The largest absolute Gasteiger partial charge is 2.00 e. The van der Waals surface area contributed by atoms with Gasteiger partial charge >= 0.3 is 93.2 Å². The Morgan fingerprint density at radius 2 is 0.660 bits per heavy atom. The van der Waals surface area contributed by atoms with Gasteiger partial charge in [0.2, 0.25) is 9.23 Å². The smallest absolute Gasteiger partial charge is 0.545 e. The van der Waals surface area contributed by atoms with E-state index >= 15 is 0 Å². The first kappa shape index (κ1) is 61.1. The van der Waals surface area contributed by atoms with Crippen molar-refractivity contribution in [2.45, 2.75) is 7.43 Å². The number of aliphatic carboxylic acids is 3. The van der Waals surface area contributed by atoms with Crippen molar-refractivity contribution in [2.75, 3.05) is 35.5 Å². The van der Waals surface area contributed by atoms with E-state index in [1.165, 1.54) is 7.11 Å². The molecule has 0 saturated carbocycles. The molecule has 0 aliphatic carbocycles. The van der Waals surface area contributed by atoms with Gasteiger partial charge in [0.25, 0.3) is 0 Å². The van der Waals surface area contributed by atoms with E-state index in [1.54, 1.807) is 0 Å². The second-order valence-electron chi connectivity index (χ2n) is 6.18. The molecule has 0 spiro atoms. The summed E-state index contributed by atoms with van der Waals surface area (Å²) in [7, 11) is 13.1. The molecular formula is C26H30Cl2O20SSr. The summed E-state index contributed by atoms with van der Waals surface area (Å²) in [5, 5.41) is 27.2. The van der Waals surface area contributed by atoms with Crippen molar-refractivity contribution in [2.24, 2.45) is 0 Å². The van der Waals surface area contributed by atoms with Crippen LogP contribution in [0.5, 0.6) is 0 Å². The quantitative estimate of drug-likeness (QED) is 0.0595. The van der Waals surface area contributed by atoms with Gasteiger partial charge in [0.05, 0.1) is 47.5 Å². The summed E-state index contributed by atoms with van der Waals surface area (Å²) in [4.78, 5) is 102. The molecule has 50 heavy (non-hydrogen) atoms. The second kappa shape index (κ2) is 42.8. The molecule has 0 rings (SSSR count). The van der Waals surface area contributed by atoms with Gasteiger partial charge in [0, 0.05) is 70.0 Å². The van der Waals surface area contributed by atoms with Crippen LogP contribution in [0.1, 0.15) is 7.43 Å². The van der Waals surface area contributed by atoms with Crippen molar-refractivity contribution in [3.8, 4) is 0 Å². The Bertz CT molecular complexity index is 1160. The number of carbonyl (C=O) groups is 10.